The smallest absolute Gasteiger partial charge is 0.262 e. The molecule has 0 spiro atoms. The van der Waals surface area contributed by atoms with Crippen LogP contribution in [0.2, 0.25) is 5.02 Å². The van der Waals surface area contributed by atoms with Gasteiger partial charge in [-0.1, -0.05) is 11.6 Å². The van der Waals surface area contributed by atoms with Crippen molar-refractivity contribution < 1.29 is 21.6 Å². The van der Waals surface area contributed by atoms with E-state index < -0.39 is 38.2 Å². The van der Waals surface area contributed by atoms with Gasteiger partial charge < -0.3 is 5.73 Å². The first-order valence-electron chi connectivity index (χ1n) is 5.43. The van der Waals surface area contributed by atoms with Crippen LogP contribution in [0.3, 0.4) is 0 Å². The molecule has 0 saturated carbocycles. The third-order valence-corrected chi connectivity index (χ3v) is 4.17. The summed E-state index contributed by atoms with van der Waals surface area (Å²) < 4.78 is 65.4. The molecule has 2 aromatic carbocycles. The van der Waals surface area contributed by atoms with Crippen LogP contribution in [0, 0.1) is 17.5 Å². The molecule has 0 heterocycles. The number of anilines is 2. The Morgan fingerprint density at radius 1 is 1.05 bits per heavy atom. The second-order valence-corrected chi connectivity index (χ2v) is 6.12. The summed E-state index contributed by atoms with van der Waals surface area (Å²) in [6.45, 7) is 0. The molecule has 0 amide bonds. The lowest BCUT2D eigenvalue weighted by Gasteiger charge is -2.11. The third kappa shape index (κ3) is 3.22. The maximum Gasteiger partial charge on any atom is 0.262 e. The molecule has 0 fully saturated rings. The van der Waals surface area contributed by atoms with Gasteiger partial charge in [0.15, 0.2) is 5.82 Å². The van der Waals surface area contributed by atoms with Gasteiger partial charge in [0.05, 0.1) is 15.6 Å². The van der Waals surface area contributed by atoms with E-state index in [9.17, 15) is 21.6 Å². The van der Waals surface area contributed by atoms with Crippen molar-refractivity contribution in [3.8, 4) is 0 Å². The molecule has 4 nitrogen and oxygen atoms in total. The number of nitrogens with one attached hydrogen (secondary N) is 1. The average molecular weight is 337 g/mol. The number of nitrogens with two attached hydrogens (primary N) is 1. The number of rotatable bonds is 3. The lowest BCUT2D eigenvalue weighted by molar-refractivity contribution is 0.582. The summed E-state index contributed by atoms with van der Waals surface area (Å²) in [6, 6.07) is 3.90. The Morgan fingerprint density at radius 2 is 1.71 bits per heavy atom. The Labute approximate surface area is 123 Å². The third-order valence-electron chi connectivity index (χ3n) is 2.52. The quantitative estimate of drug-likeness (QED) is 0.846. The molecule has 3 N–H and O–H groups in total. The first-order valence-corrected chi connectivity index (χ1v) is 7.29. The molecule has 0 saturated heterocycles. The van der Waals surface area contributed by atoms with Gasteiger partial charge >= 0.3 is 0 Å². The molecule has 0 radical (unpaired) electrons. The molecule has 0 aliphatic heterocycles. The van der Waals surface area contributed by atoms with Crippen molar-refractivity contribution in [3.05, 3.63) is 52.8 Å². The maximum absolute atomic E-state index is 13.6. The van der Waals surface area contributed by atoms with E-state index in [2.05, 4.69) is 0 Å². The van der Waals surface area contributed by atoms with E-state index in [0.29, 0.717) is 6.07 Å². The second-order valence-electron chi connectivity index (χ2n) is 4.03. The van der Waals surface area contributed by atoms with Gasteiger partial charge in [-0.15, -0.1) is 0 Å². The van der Waals surface area contributed by atoms with Crippen molar-refractivity contribution in [2.24, 2.45) is 0 Å². The minimum Gasteiger partial charge on any atom is -0.396 e. The summed E-state index contributed by atoms with van der Waals surface area (Å²) in [5.74, 6) is -2.93. The van der Waals surface area contributed by atoms with Crippen molar-refractivity contribution in [1.82, 2.24) is 0 Å². The molecule has 0 unspecified atom stereocenters. The molecule has 0 bridgehead atoms. The number of hydrogen-bond donors (Lipinski definition) is 2. The summed E-state index contributed by atoms with van der Waals surface area (Å²) in [5.41, 5.74) is 4.28. The monoisotopic (exact) mass is 336 g/mol. The van der Waals surface area contributed by atoms with E-state index in [4.69, 9.17) is 17.3 Å². The van der Waals surface area contributed by atoms with Gasteiger partial charge in [-0.25, -0.2) is 21.6 Å². The topological polar surface area (TPSA) is 72.2 Å². The summed E-state index contributed by atoms with van der Waals surface area (Å²) in [5, 5.41) is -0.453. The Kier molecular flexibility index (Phi) is 4.02. The minimum atomic E-state index is -4.25. The van der Waals surface area contributed by atoms with Crippen molar-refractivity contribution in [1.29, 1.82) is 0 Å². The highest BCUT2D eigenvalue weighted by Crippen LogP contribution is 2.29. The van der Waals surface area contributed by atoms with Gasteiger partial charge in [0.1, 0.15) is 17.3 Å². The second kappa shape index (κ2) is 5.45. The van der Waals surface area contributed by atoms with Crippen LogP contribution in [-0.2, 0) is 10.0 Å². The molecule has 9 heteroatoms. The predicted molar refractivity (Wildman–Crippen MR) is 73.0 cm³/mol. The highest BCUT2D eigenvalue weighted by atomic mass is 35.5. The fraction of sp³-hybridized carbons (Fsp3) is 0. The van der Waals surface area contributed by atoms with E-state index >= 15 is 0 Å². The van der Waals surface area contributed by atoms with Crippen LogP contribution in [0.4, 0.5) is 24.5 Å². The van der Waals surface area contributed by atoms with E-state index in [0.717, 1.165) is 24.3 Å². The zero-order chi connectivity index (χ0) is 15.8. The SMILES string of the molecule is Nc1cc(S(=O)(=O)Nc2c(F)cc(F)cc2Cl)ccc1F. The van der Waals surface area contributed by atoms with E-state index in [1.807, 2.05) is 4.72 Å². The Balaban J connectivity index is 2.44. The summed E-state index contributed by atoms with van der Waals surface area (Å²) in [4.78, 5) is -0.388. The first-order chi connectivity index (χ1) is 9.70. The van der Waals surface area contributed by atoms with E-state index in [-0.39, 0.29) is 10.6 Å². The Morgan fingerprint density at radius 3 is 2.29 bits per heavy atom. The Bertz CT molecular complexity index is 789. The highest BCUT2D eigenvalue weighted by molar-refractivity contribution is 7.92. The van der Waals surface area contributed by atoms with Gasteiger partial charge in [0.2, 0.25) is 0 Å². The number of nitrogen functional groups attached to an aromatic ring is 1. The van der Waals surface area contributed by atoms with Crippen molar-refractivity contribution in [3.63, 3.8) is 0 Å². The van der Waals surface area contributed by atoms with Crippen LogP contribution in [0.1, 0.15) is 0 Å². The van der Waals surface area contributed by atoms with E-state index in [1.165, 1.54) is 0 Å². The van der Waals surface area contributed by atoms with Gasteiger partial charge in [-0.05, 0) is 24.3 Å². The van der Waals surface area contributed by atoms with E-state index in [1.54, 1.807) is 0 Å². The fourth-order valence-electron chi connectivity index (χ4n) is 1.52. The van der Waals surface area contributed by atoms with Crippen molar-refractivity contribution in [2.75, 3.05) is 10.5 Å². The number of benzene rings is 2. The van der Waals surface area contributed by atoms with Gasteiger partial charge in [-0.2, -0.15) is 0 Å². The number of hydrogen-bond acceptors (Lipinski definition) is 3. The lowest BCUT2D eigenvalue weighted by atomic mass is 10.3. The first kappa shape index (κ1) is 15.5. The predicted octanol–water partition coefficient (Wildman–Crippen LogP) is 3.14. The number of sulfonamides is 1. The van der Waals surface area contributed by atoms with Crippen LogP contribution in [-0.4, -0.2) is 8.42 Å². The highest BCUT2D eigenvalue weighted by Gasteiger charge is 2.20. The molecular weight excluding hydrogens is 329 g/mol. The van der Waals surface area contributed by atoms with Gasteiger partial charge in [-0.3, -0.25) is 4.72 Å². The fourth-order valence-corrected chi connectivity index (χ4v) is 2.94. The summed E-state index contributed by atoms with van der Waals surface area (Å²) in [7, 11) is -4.25. The van der Waals surface area contributed by atoms with Crippen LogP contribution in [0.5, 0.6) is 0 Å². The molecule has 0 aliphatic carbocycles. The van der Waals surface area contributed by atoms with Crippen LogP contribution in [0.15, 0.2) is 35.2 Å². The van der Waals surface area contributed by atoms with Crippen molar-refractivity contribution >= 4 is 33.0 Å². The minimum absolute atomic E-state index is 0.386. The molecule has 2 rings (SSSR count). The molecular formula is C12H8ClF3N2O2S. The normalized spacial score (nSPS) is 11.4. The molecule has 2 aromatic rings. The Hall–Kier alpha value is -1.93. The maximum atomic E-state index is 13.6. The zero-order valence-corrected chi connectivity index (χ0v) is 11.8. The van der Waals surface area contributed by atoms with Gasteiger partial charge in [0.25, 0.3) is 10.0 Å². The largest absolute Gasteiger partial charge is 0.396 e. The zero-order valence-electron chi connectivity index (χ0n) is 10.2. The lowest BCUT2D eigenvalue weighted by Crippen LogP contribution is -2.15. The molecule has 112 valence electrons. The molecule has 0 aliphatic rings. The van der Waals surface area contributed by atoms with Crippen LogP contribution >= 0.6 is 11.6 Å². The summed E-state index contributed by atoms with van der Waals surface area (Å²) in [6.07, 6.45) is 0. The average Bonchev–Trinajstić information content (AvgIpc) is 2.37. The molecule has 21 heavy (non-hydrogen) atoms. The molecule has 0 aromatic heterocycles. The molecule has 0 atom stereocenters. The summed E-state index contributed by atoms with van der Waals surface area (Å²) >= 11 is 5.59. The number of halogens is 4. The van der Waals surface area contributed by atoms with Crippen molar-refractivity contribution in [2.45, 2.75) is 4.90 Å². The van der Waals surface area contributed by atoms with Gasteiger partial charge in [0, 0.05) is 6.07 Å². The van der Waals surface area contributed by atoms with Crippen LogP contribution in [0.25, 0.3) is 0 Å². The standard InChI is InChI=1S/C12H8ClF3N2O2S/c13-8-3-6(14)4-10(16)12(8)18-21(19,20)7-1-2-9(15)11(17)5-7/h1-5,18H,17H2. The van der Waals surface area contributed by atoms with Crippen LogP contribution < -0.4 is 10.5 Å².